The molecule has 1 unspecified atom stereocenters. The van der Waals surface area contributed by atoms with Crippen molar-refractivity contribution in [2.24, 2.45) is 0 Å². The van der Waals surface area contributed by atoms with E-state index in [0.29, 0.717) is 39.8 Å². The molecule has 0 aliphatic rings. The van der Waals surface area contributed by atoms with Gasteiger partial charge in [-0.1, -0.05) is 72.1 Å². The molecule has 0 aliphatic carbocycles. The number of rotatable bonds is 11. The van der Waals surface area contributed by atoms with Gasteiger partial charge in [0.2, 0.25) is 11.8 Å². The molecule has 0 saturated heterocycles. The van der Waals surface area contributed by atoms with Crippen LogP contribution in [0, 0.1) is 13.8 Å². The summed E-state index contributed by atoms with van der Waals surface area (Å²) in [6.45, 7) is 7.00. The molecule has 3 aromatic carbocycles. The molecule has 1 N–H and O–H groups in total. The minimum atomic E-state index is -4.14. The second-order valence-corrected chi connectivity index (χ2v) is 11.8. The summed E-state index contributed by atoms with van der Waals surface area (Å²) >= 11 is 12.9. The molecule has 10 heteroatoms. The summed E-state index contributed by atoms with van der Waals surface area (Å²) in [6, 6.07) is 17.5. The molecule has 2 amide bonds. The van der Waals surface area contributed by atoms with Crippen molar-refractivity contribution in [3.8, 4) is 0 Å². The van der Waals surface area contributed by atoms with Crippen LogP contribution in [0.15, 0.2) is 71.6 Å². The van der Waals surface area contributed by atoms with Crippen LogP contribution in [-0.2, 0) is 26.2 Å². The number of aryl methyl sites for hydroxylation is 2. The normalized spacial score (nSPS) is 12.1. The third kappa shape index (κ3) is 7.12. The first-order valence-corrected chi connectivity index (χ1v) is 14.9. The number of halogens is 2. The number of hydrogen-bond acceptors (Lipinski definition) is 4. The maximum atomic E-state index is 14.1. The molecule has 0 aromatic heterocycles. The molecule has 0 aliphatic heterocycles. The second kappa shape index (κ2) is 13.3. The molecule has 208 valence electrons. The van der Waals surface area contributed by atoms with Crippen LogP contribution >= 0.6 is 23.2 Å². The summed E-state index contributed by atoms with van der Waals surface area (Å²) in [7, 11) is -4.14. The Kier molecular flexibility index (Phi) is 10.4. The molecule has 0 saturated carbocycles. The van der Waals surface area contributed by atoms with E-state index in [1.54, 1.807) is 75.4 Å². The van der Waals surface area contributed by atoms with Crippen molar-refractivity contribution in [1.82, 2.24) is 10.2 Å². The highest BCUT2D eigenvalue weighted by Gasteiger charge is 2.34. The van der Waals surface area contributed by atoms with Crippen LogP contribution in [-0.4, -0.2) is 44.3 Å². The lowest BCUT2D eigenvalue weighted by molar-refractivity contribution is -0.140. The Balaban J connectivity index is 2.11. The predicted molar refractivity (Wildman–Crippen MR) is 157 cm³/mol. The lowest BCUT2D eigenvalue weighted by Gasteiger charge is -2.33. The number of amides is 2. The quantitative estimate of drug-likeness (QED) is 0.308. The third-order valence-electron chi connectivity index (χ3n) is 6.40. The fourth-order valence-electron chi connectivity index (χ4n) is 4.26. The van der Waals surface area contributed by atoms with Gasteiger partial charge in [0, 0.05) is 28.7 Å². The van der Waals surface area contributed by atoms with Gasteiger partial charge < -0.3 is 10.2 Å². The van der Waals surface area contributed by atoms with E-state index in [-0.39, 0.29) is 17.3 Å². The minimum Gasteiger partial charge on any atom is -0.355 e. The van der Waals surface area contributed by atoms with Crippen molar-refractivity contribution in [2.45, 2.75) is 51.6 Å². The fourth-order valence-corrected chi connectivity index (χ4v) is 6.25. The summed E-state index contributed by atoms with van der Waals surface area (Å²) in [4.78, 5) is 28.5. The van der Waals surface area contributed by atoms with Crippen molar-refractivity contribution < 1.29 is 18.0 Å². The molecule has 39 heavy (non-hydrogen) atoms. The van der Waals surface area contributed by atoms with E-state index >= 15 is 0 Å². The predicted octanol–water partition coefficient (Wildman–Crippen LogP) is 5.75. The van der Waals surface area contributed by atoms with Gasteiger partial charge in [0.25, 0.3) is 10.0 Å². The molecule has 0 fully saturated rings. The van der Waals surface area contributed by atoms with Gasteiger partial charge in [-0.3, -0.25) is 13.9 Å². The molecule has 1 atom stereocenters. The summed E-state index contributed by atoms with van der Waals surface area (Å²) in [6.07, 6.45) is 0.300. The lowest BCUT2D eigenvalue weighted by Crippen LogP contribution is -2.52. The summed E-state index contributed by atoms with van der Waals surface area (Å²) in [5.74, 6) is -0.914. The van der Waals surface area contributed by atoms with Crippen LogP contribution in [0.1, 0.15) is 37.0 Å². The van der Waals surface area contributed by atoms with E-state index in [4.69, 9.17) is 23.2 Å². The molecule has 3 aromatic rings. The summed E-state index contributed by atoms with van der Waals surface area (Å²) in [5, 5.41) is 3.46. The van der Waals surface area contributed by atoms with E-state index in [1.165, 1.54) is 17.0 Å². The largest absolute Gasteiger partial charge is 0.355 e. The number of nitrogens with zero attached hydrogens (tertiary/aromatic N) is 2. The molecule has 7 nitrogen and oxygen atoms in total. The molecule has 0 spiro atoms. The Hall–Kier alpha value is -3.07. The van der Waals surface area contributed by atoms with Crippen LogP contribution in [0.4, 0.5) is 5.69 Å². The Morgan fingerprint density at radius 1 is 0.897 bits per heavy atom. The Morgan fingerprint density at radius 3 is 2.08 bits per heavy atom. The third-order valence-corrected chi connectivity index (χ3v) is 8.88. The minimum absolute atomic E-state index is 0.0561. The molecule has 0 heterocycles. The van der Waals surface area contributed by atoms with Gasteiger partial charge in [-0.05, 0) is 63.1 Å². The van der Waals surface area contributed by atoms with E-state index in [1.807, 2.05) is 6.92 Å². The van der Waals surface area contributed by atoms with E-state index < -0.39 is 28.5 Å². The molecule has 3 rings (SSSR count). The van der Waals surface area contributed by atoms with Gasteiger partial charge in [-0.2, -0.15) is 0 Å². The standard InChI is InChI=1S/C29H33Cl2N3O4S/c1-5-26(29(36)32-6-2)33(18-23-24(30)11-9-12-25(23)31)28(35)19-34(27-13-8-7-10-21(27)4)39(37,38)22-16-14-20(3)15-17-22/h7-17,26H,5-6,18-19H2,1-4H3,(H,32,36). The van der Waals surface area contributed by atoms with Gasteiger partial charge in [-0.15, -0.1) is 0 Å². The van der Waals surface area contributed by atoms with Gasteiger partial charge in [0.05, 0.1) is 10.6 Å². The van der Waals surface area contributed by atoms with Crippen LogP contribution in [0.25, 0.3) is 0 Å². The number of benzene rings is 3. The van der Waals surface area contributed by atoms with Crippen molar-refractivity contribution >= 4 is 50.7 Å². The van der Waals surface area contributed by atoms with Crippen LogP contribution in [0.3, 0.4) is 0 Å². The van der Waals surface area contributed by atoms with Gasteiger partial charge in [0.15, 0.2) is 0 Å². The highest BCUT2D eigenvalue weighted by atomic mass is 35.5. The average molecular weight is 591 g/mol. The first kappa shape index (κ1) is 30.5. The van der Waals surface area contributed by atoms with E-state index in [0.717, 1.165) is 9.87 Å². The second-order valence-electron chi connectivity index (χ2n) is 9.15. The van der Waals surface area contributed by atoms with E-state index in [2.05, 4.69) is 5.32 Å². The Bertz CT molecular complexity index is 1410. The van der Waals surface area contributed by atoms with Gasteiger partial charge in [-0.25, -0.2) is 8.42 Å². The number of carbonyl (C=O) groups excluding carboxylic acids is 2. The number of likely N-dealkylation sites (N-methyl/N-ethyl adjacent to an activating group) is 1. The number of hydrogen-bond donors (Lipinski definition) is 1. The number of anilines is 1. The fraction of sp³-hybridized carbons (Fsp3) is 0.310. The lowest BCUT2D eigenvalue weighted by atomic mass is 10.1. The SMILES string of the molecule is CCNC(=O)C(CC)N(Cc1c(Cl)cccc1Cl)C(=O)CN(c1ccccc1C)S(=O)(=O)c1ccc(C)cc1. The van der Waals surface area contributed by atoms with Crippen molar-refractivity contribution in [1.29, 1.82) is 0 Å². The monoisotopic (exact) mass is 589 g/mol. The van der Waals surface area contributed by atoms with Gasteiger partial charge in [0.1, 0.15) is 12.6 Å². The van der Waals surface area contributed by atoms with Crippen LogP contribution in [0.5, 0.6) is 0 Å². The average Bonchev–Trinajstić information content (AvgIpc) is 2.89. The summed E-state index contributed by atoms with van der Waals surface area (Å²) in [5.41, 5.74) is 2.43. The van der Waals surface area contributed by atoms with Crippen LogP contribution in [0.2, 0.25) is 10.0 Å². The van der Waals surface area contributed by atoms with Crippen molar-refractivity contribution in [3.63, 3.8) is 0 Å². The molecular formula is C29H33Cl2N3O4S. The highest BCUT2D eigenvalue weighted by molar-refractivity contribution is 7.92. The maximum absolute atomic E-state index is 14.1. The zero-order chi connectivity index (χ0) is 28.7. The maximum Gasteiger partial charge on any atom is 0.264 e. The van der Waals surface area contributed by atoms with Crippen molar-refractivity contribution in [2.75, 3.05) is 17.4 Å². The van der Waals surface area contributed by atoms with Crippen LogP contribution < -0.4 is 9.62 Å². The van der Waals surface area contributed by atoms with Crippen molar-refractivity contribution in [3.05, 3.63) is 93.5 Å². The zero-order valence-electron chi connectivity index (χ0n) is 22.4. The zero-order valence-corrected chi connectivity index (χ0v) is 24.8. The number of nitrogens with one attached hydrogen (secondary N) is 1. The Morgan fingerprint density at radius 2 is 1.51 bits per heavy atom. The molecule has 0 radical (unpaired) electrons. The number of sulfonamides is 1. The topological polar surface area (TPSA) is 86.8 Å². The van der Waals surface area contributed by atoms with E-state index in [9.17, 15) is 18.0 Å². The first-order valence-electron chi connectivity index (χ1n) is 12.7. The first-order chi connectivity index (χ1) is 18.5. The number of carbonyl (C=O) groups is 2. The van der Waals surface area contributed by atoms with Gasteiger partial charge >= 0.3 is 0 Å². The molecular weight excluding hydrogens is 557 g/mol. The smallest absolute Gasteiger partial charge is 0.264 e. The summed E-state index contributed by atoms with van der Waals surface area (Å²) < 4.78 is 29.0. The Labute approximate surface area is 240 Å². The number of para-hydroxylation sites is 1. The molecule has 0 bridgehead atoms. The highest BCUT2D eigenvalue weighted by Crippen LogP contribution is 2.30.